The van der Waals surface area contributed by atoms with Gasteiger partial charge in [0, 0.05) is 6.08 Å². The molecule has 0 N–H and O–H groups in total. The van der Waals surface area contributed by atoms with Gasteiger partial charge in [-0.15, -0.1) is 0 Å². The minimum Gasteiger partial charge on any atom is -0.463 e. The molecule has 0 fully saturated rings. The van der Waals surface area contributed by atoms with Crippen LogP contribution in [0.5, 0.6) is 0 Å². The first-order chi connectivity index (χ1) is 11.5. The van der Waals surface area contributed by atoms with Crippen molar-refractivity contribution >= 4 is 11.5 Å². The summed E-state index contributed by atoms with van der Waals surface area (Å²) in [6.07, 6.45) is 10.2. The van der Waals surface area contributed by atoms with E-state index in [1.807, 2.05) is 19.9 Å². The summed E-state index contributed by atoms with van der Waals surface area (Å²) >= 11 is 0. The van der Waals surface area contributed by atoms with Gasteiger partial charge < -0.3 is 4.74 Å². The van der Waals surface area contributed by atoms with Crippen molar-refractivity contribution < 1.29 is 9.53 Å². The molecule has 130 valence electrons. The number of hydrogen-bond donors (Lipinski definition) is 0. The van der Waals surface area contributed by atoms with E-state index in [9.17, 15) is 4.79 Å². The molecule has 0 heterocycles. The number of carbonyl (C=O) groups excluding carboxylic acids is 1. The van der Waals surface area contributed by atoms with Crippen LogP contribution < -0.4 is 0 Å². The number of allylic oxidation sites excluding steroid dienone is 5. The molecule has 0 aromatic heterocycles. The van der Waals surface area contributed by atoms with Gasteiger partial charge >= 0.3 is 5.97 Å². The van der Waals surface area contributed by atoms with Gasteiger partial charge in [0.2, 0.25) is 0 Å². The van der Waals surface area contributed by atoms with Crippen molar-refractivity contribution in [2.75, 3.05) is 6.61 Å². The Morgan fingerprint density at radius 3 is 2.25 bits per heavy atom. The summed E-state index contributed by atoms with van der Waals surface area (Å²) in [5.74, 6) is -0.239. The maximum Gasteiger partial charge on any atom is 0.330 e. The second-order valence-corrected chi connectivity index (χ2v) is 6.12. The molecule has 1 rings (SSSR count). The number of hydrogen-bond acceptors (Lipinski definition) is 2. The predicted molar refractivity (Wildman–Crippen MR) is 103 cm³/mol. The molecule has 0 spiro atoms. The average Bonchev–Trinajstić information content (AvgIpc) is 2.55. The molecule has 1 aromatic carbocycles. The van der Waals surface area contributed by atoms with E-state index < -0.39 is 0 Å². The quantitative estimate of drug-likeness (QED) is 0.311. The normalized spacial score (nSPS) is 13.1. The van der Waals surface area contributed by atoms with Crippen LogP contribution in [-0.4, -0.2) is 12.6 Å². The maximum atomic E-state index is 11.4. The monoisotopic (exact) mass is 326 g/mol. The van der Waals surface area contributed by atoms with Gasteiger partial charge in [-0.1, -0.05) is 53.6 Å². The highest BCUT2D eigenvalue weighted by atomic mass is 16.5. The fourth-order valence-electron chi connectivity index (χ4n) is 2.44. The summed E-state index contributed by atoms with van der Waals surface area (Å²) in [6, 6.07) is 10.5. The topological polar surface area (TPSA) is 26.3 Å². The van der Waals surface area contributed by atoms with E-state index in [0.717, 1.165) is 31.3 Å². The largest absolute Gasteiger partial charge is 0.463 e. The van der Waals surface area contributed by atoms with Crippen molar-refractivity contribution in [3.8, 4) is 0 Å². The molecule has 2 nitrogen and oxygen atoms in total. The van der Waals surface area contributed by atoms with Crippen LogP contribution in [-0.2, 0) is 9.53 Å². The van der Waals surface area contributed by atoms with E-state index in [1.165, 1.54) is 16.7 Å². The highest BCUT2D eigenvalue weighted by Gasteiger charge is 1.98. The molecular weight excluding hydrogens is 296 g/mol. The van der Waals surface area contributed by atoms with E-state index in [0.29, 0.717) is 6.61 Å². The Bertz CT molecular complexity index is 592. The maximum absolute atomic E-state index is 11.4. The van der Waals surface area contributed by atoms with E-state index in [1.54, 1.807) is 6.08 Å². The standard InChI is InChI=1S/C22H30O2/c1-5-24-22(23)17-19(3)13-9-11-18(2)12-10-14-20(4)21-15-7-6-8-16-21/h6-8,11,14-17H,5,9-10,12-13H2,1-4H3/b18-11+,19-17+,20-14-. The Morgan fingerprint density at radius 2 is 1.58 bits per heavy atom. The lowest BCUT2D eigenvalue weighted by molar-refractivity contribution is -0.137. The summed E-state index contributed by atoms with van der Waals surface area (Å²) in [5.41, 5.74) is 5.09. The van der Waals surface area contributed by atoms with E-state index in [2.05, 4.69) is 50.3 Å². The van der Waals surface area contributed by atoms with Crippen LogP contribution in [0.25, 0.3) is 5.57 Å². The molecule has 0 aliphatic carbocycles. The Kier molecular flexibility index (Phi) is 9.52. The molecule has 0 saturated carbocycles. The zero-order chi connectivity index (χ0) is 17.8. The summed E-state index contributed by atoms with van der Waals surface area (Å²) in [4.78, 5) is 11.4. The number of carbonyl (C=O) groups is 1. The molecule has 0 bridgehead atoms. The van der Waals surface area contributed by atoms with Crippen molar-refractivity contribution in [3.05, 3.63) is 65.3 Å². The minimum absolute atomic E-state index is 0.239. The van der Waals surface area contributed by atoms with Crippen molar-refractivity contribution in [3.63, 3.8) is 0 Å². The van der Waals surface area contributed by atoms with Gasteiger partial charge in [-0.25, -0.2) is 4.79 Å². The second kappa shape index (κ2) is 11.4. The molecule has 0 radical (unpaired) electrons. The highest BCUT2D eigenvalue weighted by molar-refractivity contribution is 5.82. The van der Waals surface area contributed by atoms with Gasteiger partial charge in [0.1, 0.15) is 0 Å². The van der Waals surface area contributed by atoms with Gasteiger partial charge in [-0.2, -0.15) is 0 Å². The van der Waals surface area contributed by atoms with Crippen molar-refractivity contribution in [2.24, 2.45) is 0 Å². The Hall–Kier alpha value is -2.09. The zero-order valence-electron chi connectivity index (χ0n) is 15.5. The number of rotatable bonds is 9. The van der Waals surface area contributed by atoms with Crippen LogP contribution in [0.15, 0.2) is 59.7 Å². The summed E-state index contributed by atoms with van der Waals surface area (Å²) < 4.78 is 4.91. The van der Waals surface area contributed by atoms with Gasteiger partial charge in [-0.3, -0.25) is 0 Å². The van der Waals surface area contributed by atoms with Crippen LogP contribution in [0, 0.1) is 0 Å². The first-order valence-corrected chi connectivity index (χ1v) is 8.74. The molecule has 0 atom stereocenters. The summed E-state index contributed by atoms with van der Waals surface area (Å²) in [5, 5.41) is 0. The van der Waals surface area contributed by atoms with Crippen molar-refractivity contribution in [1.82, 2.24) is 0 Å². The van der Waals surface area contributed by atoms with Gasteiger partial charge in [-0.05, 0) is 64.5 Å². The minimum atomic E-state index is -0.239. The Balaban J connectivity index is 2.36. The van der Waals surface area contributed by atoms with Crippen LogP contribution in [0.2, 0.25) is 0 Å². The lowest BCUT2D eigenvalue weighted by Gasteiger charge is -2.03. The Labute approximate surface area is 146 Å². The first kappa shape index (κ1) is 20.0. The third-order valence-electron chi connectivity index (χ3n) is 3.90. The smallest absolute Gasteiger partial charge is 0.330 e. The lowest BCUT2D eigenvalue weighted by atomic mass is 10.0. The summed E-state index contributed by atoms with van der Waals surface area (Å²) in [7, 11) is 0. The van der Waals surface area contributed by atoms with Gasteiger partial charge in [0.05, 0.1) is 6.61 Å². The lowest BCUT2D eigenvalue weighted by Crippen LogP contribution is -2.00. The predicted octanol–water partition coefficient (Wildman–Crippen LogP) is 6.11. The van der Waals surface area contributed by atoms with Gasteiger partial charge in [0.25, 0.3) is 0 Å². The molecule has 0 aliphatic rings. The molecule has 1 aromatic rings. The third-order valence-corrected chi connectivity index (χ3v) is 3.90. The Morgan fingerprint density at radius 1 is 0.958 bits per heavy atom. The van der Waals surface area contributed by atoms with Crippen LogP contribution in [0.4, 0.5) is 0 Å². The molecule has 0 saturated heterocycles. The second-order valence-electron chi connectivity index (χ2n) is 6.12. The summed E-state index contributed by atoms with van der Waals surface area (Å²) in [6.45, 7) is 8.57. The fourth-order valence-corrected chi connectivity index (χ4v) is 2.44. The zero-order valence-corrected chi connectivity index (χ0v) is 15.5. The average molecular weight is 326 g/mol. The van der Waals surface area contributed by atoms with E-state index in [-0.39, 0.29) is 5.97 Å². The number of benzene rings is 1. The highest BCUT2D eigenvalue weighted by Crippen LogP contribution is 2.16. The van der Waals surface area contributed by atoms with E-state index >= 15 is 0 Å². The van der Waals surface area contributed by atoms with Crippen molar-refractivity contribution in [1.29, 1.82) is 0 Å². The molecule has 2 heteroatoms. The van der Waals surface area contributed by atoms with Gasteiger partial charge in [0.15, 0.2) is 0 Å². The van der Waals surface area contributed by atoms with Crippen LogP contribution in [0.3, 0.4) is 0 Å². The number of esters is 1. The van der Waals surface area contributed by atoms with Crippen LogP contribution >= 0.6 is 0 Å². The molecule has 0 aliphatic heterocycles. The van der Waals surface area contributed by atoms with Crippen molar-refractivity contribution in [2.45, 2.75) is 53.4 Å². The van der Waals surface area contributed by atoms with Crippen LogP contribution in [0.1, 0.15) is 58.9 Å². The molecule has 0 amide bonds. The molecule has 24 heavy (non-hydrogen) atoms. The molecule has 0 unspecified atom stereocenters. The molecular formula is C22H30O2. The first-order valence-electron chi connectivity index (χ1n) is 8.74. The number of ether oxygens (including phenoxy) is 1. The van der Waals surface area contributed by atoms with E-state index in [4.69, 9.17) is 4.74 Å². The fraction of sp³-hybridized carbons (Fsp3) is 0.409. The SMILES string of the molecule is CCOC(=O)/C=C(\C)CC/C=C(\C)CC/C=C(/C)c1ccccc1. The third kappa shape index (κ3) is 8.52.